The van der Waals surface area contributed by atoms with Crippen molar-refractivity contribution in [2.45, 2.75) is 51.5 Å². The van der Waals surface area contributed by atoms with Gasteiger partial charge in [-0.15, -0.1) is 0 Å². The maximum atomic E-state index is 14.2. The molecular formula is C21H30FNO4S. The van der Waals surface area contributed by atoms with Crippen LogP contribution >= 0.6 is 0 Å². The minimum absolute atomic E-state index is 0.0410. The molecule has 1 aromatic carbocycles. The standard InChI is InChI=1S/C20H26FNO.CH4O3S/c1-14(2)22-13-15(12-16-6-5-11-23-16)17-7-3-9-19-18(17)8-4-10-20(19)21;1-5(2,3)4/h4-6,8,10-11,14-15,17,22H,3,7,9,12-13H2,1-2H3;1H3,(H,2,3,4). The van der Waals surface area contributed by atoms with Crippen LogP contribution in [0.4, 0.5) is 4.39 Å². The predicted molar refractivity (Wildman–Crippen MR) is 109 cm³/mol. The molecular weight excluding hydrogens is 381 g/mol. The third-order valence-electron chi connectivity index (χ3n) is 4.90. The molecule has 0 saturated carbocycles. The number of halogens is 1. The molecule has 0 amide bonds. The number of benzene rings is 1. The van der Waals surface area contributed by atoms with Gasteiger partial charge in [-0.05, 0) is 67.0 Å². The van der Waals surface area contributed by atoms with E-state index in [1.54, 1.807) is 12.3 Å². The molecule has 7 heteroatoms. The number of rotatable bonds is 6. The van der Waals surface area contributed by atoms with Crippen LogP contribution in [0.5, 0.6) is 0 Å². The molecule has 1 aliphatic carbocycles. The van der Waals surface area contributed by atoms with Crippen LogP contribution in [0, 0.1) is 11.7 Å². The van der Waals surface area contributed by atoms with Crippen LogP contribution in [-0.2, 0) is 23.0 Å². The Balaban J connectivity index is 0.000000500. The van der Waals surface area contributed by atoms with Crippen LogP contribution < -0.4 is 5.32 Å². The first kappa shape index (κ1) is 22.6. The average Bonchev–Trinajstić information content (AvgIpc) is 3.10. The van der Waals surface area contributed by atoms with Gasteiger partial charge in [0, 0.05) is 12.5 Å². The maximum absolute atomic E-state index is 14.2. The Morgan fingerprint density at radius 1 is 1.29 bits per heavy atom. The summed E-state index contributed by atoms with van der Waals surface area (Å²) >= 11 is 0. The third kappa shape index (κ3) is 7.37. The van der Waals surface area contributed by atoms with Crippen LogP contribution in [0.15, 0.2) is 41.0 Å². The van der Waals surface area contributed by atoms with Crippen molar-refractivity contribution in [3.05, 3.63) is 59.3 Å². The second-order valence-corrected chi connectivity index (χ2v) is 9.11. The van der Waals surface area contributed by atoms with E-state index in [4.69, 9.17) is 8.97 Å². The van der Waals surface area contributed by atoms with Crippen molar-refractivity contribution in [3.8, 4) is 0 Å². The van der Waals surface area contributed by atoms with Gasteiger partial charge in [-0.25, -0.2) is 4.39 Å². The lowest BCUT2D eigenvalue weighted by atomic mass is 9.74. The molecule has 28 heavy (non-hydrogen) atoms. The second-order valence-electron chi connectivity index (χ2n) is 7.65. The van der Waals surface area contributed by atoms with Gasteiger partial charge < -0.3 is 9.73 Å². The van der Waals surface area contributed by atoms with E-state index in [0.29, 0.717) is 24.1 Å². The molecule has 5 nitrogen and oxygen atoms in total. The summed E-state index contributed by atoms with van der Waals surface area (Å²) in [5.41, 5.74) is 2.14. The van der Waals surface area contributed by atoms with Gasteiger partial charge in [0.15, 0.2) is 0 Å². The summed E-state index contributed by atoms with van der Waals surface area (Å²) in [4.78, 5) is 0. The van der Waals surface area contributed by atoms with Crippen molar-refractivity contribution in [1.82, 2.24) is 5.32 Å². The summed E-state index contributed by atoms with van der Waals surface area (Å²) in [7, 11) is -3.67. The van der Waals surface area contributed by atoms with E-state index >= 15 is 0 Å². The van der Waals surface area contributed by atoms with Crippen molar-refractivity contribution in [1.29, 1.82) is 0 Å². The molecule has 3 rings (SSSR count). The zero-order chi connectivity index (χ0) is 20.7. The van der Waals surface area contributed by atoms with Gasteiger partial charge in [0.2, 0.25) is 0 Å². The van der Waals surface area contributed by atoms with E-state index in [1.165, 1.54) is 5.56 Å². The Labute approximate surface area is 167 Å². The van der Waals surface area contributed by atoms with Gasteiger partial charge in [-0.1, -0.05) is 26.0 Å². The normalized spacial score (nSPS) is 17.6. The van der Waals surface area contributed by atoms with Crippen LogP contribution in [0.2, 0.25) is 0 Å². The number of fused-ring (bicyclic) bond motifs is 1. The van der Waals surface area contributed by atoms with E-state index in [-0.39, 0.29) is 5.82 Å². The fourth-order valence-corrected chi connectivity index (χ4v) is 3.76. The smallest absolute Gasteiger partial charge is 0.261 e. The van der Waals surface area contributed by atoms with E-state index in [9.17, 15) is 12.8 Å². The lowest BCUT2D eigenvalue weighted by molar-refractivity contribution is 0.325. The molecule has 0 bridgehead atoms. The van der Waals surface area contributed by atoms with Gasteiger partial charge in [0.05, 0.1) is 12.5 Å². The molecule has 1 aliphatic rings. The SMILES string of the molecule is CC(C)NCC(Cc1ccco1)C1CCCc2c(F)cccc21.CS(=O)(=O)O. The fourth-order valence-electron chi connectivity index (χ4n) is 3.76. The Hall–Kier alpha value is -1.70. The van der Waals surface area contributed by atoms with Crippen LogP contribution in [0.3, 0.4) is 0 Å². The second kappa shape index (κ2) is 10.2. The summed E-state index contributed by atoms with van der Waals surface area (Å²) in [5.74, 6) is 1.79. The lowest BCUT2D eigenvalue weighted by Crippen LogP contribution is -2.34. The number of nitrogens with one attached hydrogen (secondary N) is 1. The highest BCUT2D eigenvalue weighted by Crippen LogP contribution is 2.39. The summed E-state index contributed by atoms with van der Waals surface area (Å²) < 4.78 is 45.6. The van der Waals surface area contributed by atoms with Crippen molar-refractivity contribution in [2.75, 3.05) is 12.8 Å². The van der Waals surface area contributed by atoms with Crippen molar-refractivity contribution < 1.29 is 21.8 Å². The zero-order valence-corrected chi connectivity index (χ0v) is 17.5. The molecule has 0 spiro atoms. The fraction of sp³-hybridized carbons (Fsp3) is 0.524. The summed E-state index contributed by atoms with van der Waals surface area (Å²) in [6.45, 7) is 5.26. The average molecular weight is 412 g/mol. The van der Waals surface area contributed by atoms with Gasteiger partial charge >= 0.3 is 0 Å². The molecule has 1 heterocycles. The van der Waals surface area contributed by atoms with E-state index in [2.05, 4.69) is 25.2 Å². The third-order valence-corrected chi connectivity index (χ3v) is 4.90. The molecule has 1 aromatic heterocycles. The molecule has 2 unspecified atom stereocenters. The highest BCUT2D eigenvalue weighted by Gasteiger charge is 2.30. The topological polar surface area (TPSA) is 79.5 Å². The molecule has 2 aromatic rings. The Bertz CT molecular complexity index is 826. The Morgan fingerprint density at radius 3 is 2.61 bits per heavy atom. The first-order valence-electron chi connectivity index (χ1n) is 9.60. The summed E-state index contributed by atoms with van der Waals surface area (Å²) in [5, 5.41) is 3.57. The van der Waals surface area contributed by atoms with Crippen molar-refractivity contribution in [3.63, 3.8) is 0 Å². The molecule has 0 fully saturated rings. The van der Waals surface area contributed by atoms with Crippen LogP contribution in [0.1, 0.15) is 49.5 Å². The minimum atomic E-state index is -3.67. The Morgan fingerprint density at radius 2 is 2.00 bits per heavy atom. The van der Waals surface area contributed by atoms with Gasteiger partial charge in [0.25, 0.3) is 10.1 Å². The molecule has 2 N–H and O–H groups in total. The first-order chi connectivity index (χ1) is 13.1. The van der Waals surface area contributed by atoms with E-state index in [1.807, 2.05) is 18.2 Å². The summed E-state index contributed by atoms with van der Waals surface area (Å²) in [6, 6.07) is 9.99. The molecule has 2 atom stereocenters. The molecule has 156 valence electrons. The van der Waals surface area contributed by atoms with Gasteiger partial charge in [-0.3, -0.25) is 4.55 Å². The molecule has 0 aliphatic heterocycles. The molecule has 0 saturated heterocycles. The lowest BCUT2D eigenvalue weighted by Gasteiger charge is -2.33. The first-order valence-corrected chi connectivity index (χ1v) is 11.5. The van der Waals surface area contributed by atoms with Gasteiger partial charge in [0.1, 0.15) is 11.6 Å². The van der Waals surface area contributed by atoms with Crippen LogP contribution in [-0.4, -0.2) is 31.8 Å². The number of furan rings is 1. The van der Waals surface area contributed by atoms with Crippen molar-refractivity contribution in [2.24, 2.45) is 5.92 Å². The van der Waals surface area contributed by atoms with Gasteiger partial charge in [-0.2, -0.15) is 8.42 Å². The number of hydrogen-bond donors (Lipinski definition) is 2. The zero-order valence-electron chi connectivity index (χ0n) is 16.7. The van der Waals surface area contributed by atoms with Crippen LogP contribution in [0.25, 0.3) is 0 Å². The quantitative estimate of drug-likeness (QED) is 0.697. The van der Waals surface area contributed by atoms with E-state index < -0.39 is 10.1 Å². The minimum Gasteiger partial charge on any atom is -0.469 e. The summed E-state index contributed by atoms with van der Waals surface area (Å²) in [6.07, 6.45) is 6.40. The largest absolute Gasteiger partial charge is 0.469 e. The number of hydrogen-bond acceptors (Lipinski definition) is 4. The van der Waals surface area contributed by atoms with E-state index in [0.717, 1.165) is 43.6 Å². The predicted octanol–water partition coefficient (Wildman–Crippen LogP) is 4.20. The van der Waals surface area contributed by atoms with Crippen molar-refractivity contribution >= 4 is 10.1 Å². The maximum Gasteiger partial charge on any atom is 0.261 e. The molecule has 0 radical (unpaired) electrons. The Kier molecular flexibility index (Phi) is 8.22. The highest BCUT2D eigenvalue weighted by molar-refractivity contribution is 7.85. The highest BCUT2D eigenvalue weighted by atomic mass is 32.2. The monoisotopic (exact) mass is 411 g/mol.